The van der Waals surface area contributed by atoms with Crippen molar-refractivity contribution >= 4 is 23.2 Å². The van der Waals surface area contributed by atoms with Crippen molar-refractivity contribution in [2.45, 2.75) is 33.1 Å². The maximum Gasteiger partial charge on any atom is 0.163 e. The molecule has 2 aromatic rings. The Balaban J connectivity index is 2.06. The molecule has 0 radical (unpaired) electrons. The van der Waals surface area contributed by atoms with Crippen molar-refractivity contribution in [1.82, 2.24) is 20.2 Å². The normalized spacial score (nSPS) is 10.6. The van der Waals surface area contributed by atoms with E-state index in [1.807, 2.05) is 20.9 Å². The lowest BCUT2D eigenvalue weighted by Gasteiger charge is -2.21. The number of rotatable bonds is 6. The van der Waals surface area contributed by atoms with E-state index in [2.05, 4.69) is 31.1 Å². The van der Waals surface area contributed by atoms with Crippen molar-refractivity contribution in [1.29, 1.82) is 5.26 Å². The molecular formula is C15H20ClN7. The zero-order valence-corrected chi connectivity index (χ0v) is 14.3. The summed E-state index contributed by atoms with van der Waals surface area (Å²) in [7, 11) is 1.98. The van der Waals surface area contributed by atoms with Gasteiger partial charge in [0.1, 0.15) is 28.4 Å². The number of aromatic amines is 1. The summed E-state index contributed by atoms with van der Waals surface area (Å²) in [6, 6.07) is 2.08. The molecule has 8 heteroatoms. The summed E-state index contributed by atoms with van der Waals surface area (Å²) in [6.45, 7) is 4.63. The number of aromatic nitrogens is 4. The Bertz CT molecular complexity index is 732. The highest BCUT2D eigenvalue weighted by Gasteiger charge is 2.15. The van der Waals surface area contributed by atoms with Crippen LogP contribution in [0.15, 0.2) is 0 Å². The van der Waals surface area contributed by atoms with Crippen LogP contribution in [0.5, 0.6) is 0 Å². The van der Waals surface area contributed by atoms with E-state index in [1.165, 1.54) is 0 Å². The van der Waals surface area contributed by atoms with E-state index in [4.69, 9.17) is 22.6 Å². The lowest BCUT2D eigenvalue weighted by molar-refractivity contribution is 0.751. The van der Waals surface area contributed by atoms with Gasteiger partial charge in [0.2, 0.25) is 0 Å². The van der Waals surface area contributed by atoms with Crippen molar-refractivity contribution in [3.8, 4) is 6.07 Å². The molecule has 0 aliphatic heterocycles. The fourth-order valence-corrected chi connectivity index (χ4v) is 2.81. The van der Waals surface area contributed by atoms with Crippen molar-refractivity contribution in [3.63, 3.8) is 0 Å². The van der Waals surface area contributed by atoms with Gasteiger partial charge in [-0.15, -0.1) is 0 Å². The minimum Gasteiger partial charge on any atom is -0.381 e. The van der Waals surface area contributed by atoms with Gasteiger partial charge in [-0.3, -0.25) is 5.10 Å². The molecule has 0 amide bonds. The minimum atomic E-state index is 0.252. The van der Waals surface area contributed by atoms with Crippen molar-refractivity contribution in [3.05, 3.63) is 27.8 Å². The number of anilines is 2. The first-order valence-corrected chi connectivity index (χ1v) is 7.82. The smallest absolute Gasteiger partial charge is 0.163 e. The summed E-state index contributed by atoms with van der Waals surface area (Å²) >= 11 is 6.21. The lowest BCUT2D eigenvalue weighted by Crippen LogP contribution is -2.22. The van der Waals surface area contributed by atoms with Crippen LogP contribution in [0, 0.1) is 18.3 Å². The van der Waals surface area contributed by atoms with E-state index in [1.54, 1.807) is 0 Å². The van der Waals surface area contributed by atoms with Crippen LogP contribution < -0.4 is 10.6 Å². The van der Waals surface area contributed by atoms with Gasteiger partial charge in [-0.25, -0.2) is 9.97 Å². The van der Waals surface area contributed by atoms with Gasteiger partial charge in [-0.05, 0) is 26.2 Å². The monoisotopic (exact) mass is 333 g/mol. The summed E-state index contributed by atoms with van der Waals surface area (Å²) in [4.78, 5) is 10.8. The number of nitrogens with zero attached hydrogens (tertiary/aromatic N) is 5. The molecule has 0 fully saturated rings. The first-order valence-electron chi connectivity index (χ1n) is 7.44. The average Bonchev–Trinajstić information content (AvgIpc) is 2.86. The average molecular weight is 334 g/mol. The van der Waals surface area contributed by atoms with Crippen LogP contribution in [0.3, 0.4) is 0 Å². The second-order valence-corrected chi connectivity index (χ2v) is 5.67. The van der Waals surface area contributed by atoms with Crippen LogP contribution in [0.1, 0.15) is 36.0 Å². The van der Waals surface area contributed by atoms with Gasteiger partial charge in [-0.2, -0.15) is 10.4 Å². The Kier molecular flexibility index (Phi) is 5.40. The van der Waals surface area contributed by atoms with E-state index in [9.17, 15) is 0 Å². The summed E-state index contributed by atoms with van der Waals surface area (Å²) in [5.74, 6) is 1.76. The quantitative estimate of drug-likeness (QED) is 0.785. The number of nitrogens with two attached hydrogens (primary N) is 1. The predicted octanol–water partition coefficient (Wildman–Crippen LogP) is 2.25. The molecule has 2 aromatic heterocycles. The second kappa shape index (κ2) is 7.29. The first-order chi connectivity index (χ1) is 11.0. The highest BCUT2D eigenvalue weighted by molar-refractivity contribution is 6.30. The summed E-state index contributed by atoms with van der Waals surface area (Å²) in [5.41, 5.74) is 7.79. The number of aryl methyl sites for hydroxylation is 2. The molecule has 0 spiro atoms. The number of nitrogen functional groups attached to an aromatic ring is 1. The van der Waals surface area contributed by atoms with Crippen molar-refractivity contribution < 1.29 is 0 Å². The van der Waals surface area contributed by atoms with E-state index in [0.29, 0.717) is 23.0 Å². The fraction of sp³-hybridized carbons (Fsp3) is 0.467. The topological polar surface area (TPSA) is 108 Å². The molecule has 2 rings (SSSR count). The van der Waals surface area contributed by atoms with Crippen LogP contribution >= 0.6 is 11.6 Å². The van der Waals surface area contributed by atoms with E-state index >= 15 is 0 Å². The maximum absolute atomic E-state index is 9.07. The molecule has 122 valence electrons. The Hall–Kier alpha value is -2.33. The highest BCUT2D eigenvalue weighted by atomic mass is 35.5. The molecule has 0 aliphatic rings. The molecule has 0 aromatic carbocycles. The third kappa shape index (κ3) is 3.71. The summed E-state index contributed by atoms with van der Waals surface area (Å²) in [6.07, 6.45) is 2.29. The van der Waals surface area contributed by atoms with Crippen molar-refractivity contribution in [2.75, 3.05) is 24.2 Å². The Morgan fingerprint density at radius 2 is 2.13 bits per heavy atom. The first kappa shape index (κ1) is 17.0. The molecule has 23 heavy (non-hydrogen) atoms. The van der Waals surface area contributed by atoms with Gasteiger partial charge in [0.25, 0.3) is 0 Å². The standard InChI is InChI=1S/C15H20ClN7/c1-4-10-13(16)19-9(2)20-15(10)23(3)7-5-6-12-11(8-17)14(18)22-21-12/h4-7H2,1-3H3,(H3,18,21,22). The van der Waals surface area contributed by atoms with Gasteiger partial charge in [0, 0.05) is 19.2 Å². The molecule has 0 atom stereocenters. The zero-order valence-electron chi connectivity index (χ0n) is 13.5. The van der Waals surface area contributed by atoms with Gasteiger partial charge in [0.15, 0.2) is 5.82 Å². The Morgan fingerprint density at radius 1 is 1.39 bits per heavy atom. The van der Waals surface area contributed by atoms with Crippen molar-refractivity contribution in [2.24, 2.45) is 0 Å². The number of hydrogen-bond donors (Lipinski definition) is 2. The highest BCUT2D eigenvalue weighted by Crippen LogP contribution is 2.24. The largest absolute Gasteiger partial charge is 0.381 e. The molecule has 0 saturated heterocycles. The van der Waals surface area contributed by atoms with Crippen LogP contribution in [0.2, 0.25) is 5.15 Å². The molecule has 0 unspecified atom stereocenters. The fourth-order valence-electron chi connectivity index (χ4n) is 2.47. The summed E-state index contributed by atoms with van der Waals surface area (Å²) < 4.78 is 0. The SMILES string of the molecule is CCc1c(Cl)nc(C)nc1N(C)CCCc1[nH]nc(N)c1C#N. The van der Waals surface area contributed by atoms with Gasteiger partial charge in [-0.1, -0.05) is 18.5 Å². The van der Waals surface area contributed by atoms with E-state index in [-0.39, 0.29) is 5.82 Å². The molecule has 0 bridgehead atoms. The zero-order chi connectivity index (χ0) is 17.0. The molecule has 2 heterocycles. The molecule has 3 N–H and O–H groups in total. The number of halogens is 1. The molecule has 0 saturated carbocycles. The summed E-state index contributed by atoms with van der Waals surface area (Å²) in [5, 5.41) is 16.3. The van der Waals surface area contributed by atoms with E-state index < -0.39 is 0 Å². The molecular weight excluding hydrogens is 314 g/mol. The molecule has 0 aliphatic carbocycles. The molecule has 7 nitrogen and oxygen atoms in total. The Labute approximate surface area is 140 Å². The number of nitrogens with one attached hydrogen (secondary N) is 1. The van der Waals surface area contributed by atoms with Crippen LogP contribution in [0.25, 0.3) is 0 Å². The maximum atomic E-state index is 9.07. The van der Waals surface area contributed by atoms with E-state index in [0.717, 1.165) is 36.5 Å². The lowest BCUT2D eigenvalue weighted by atomic mass is 10.1. The van der Waals surface area contributed by atoms with Gasteiger partial charge < -0.3 is 10.6 Å². The number of hydrogen-bond acceptors (Lipinski definition) is 6. The minimum absolute atomic E-state index is 0.252. The number of nitriles is 1. The van der Waals surface area contributed by atoms with Crippen LogP contribution in [-0.4, -0.2) is 33.8 Å². The third-order valence-corrected chi connectivity index (χ3v) is 3.98. The van der Waals surface area contributed by atoms with Crippen LogP contribution in [-0.2, 0) is 12.8 Å². The third-order valence-electron chi connectivity index (χ3n) is 3.66. The number of H-pyrrole nitrogens is 1. The van der Waals surface area contributed by atoms with Gasteiger partial charge >= 0.3 is 0 Å². The predicted molar refractivity (Wildman–Crippen MR) is 90.5 cm³/mol. The Morgan fingerprint density at radius 3 is 2.78 bits per heavy atom. The second-order valence-electron chi connectivity index (χ2n) is 5.32. The van der Waals surface area contributed by atoms with Gasteiger partial charge in [0.05, 0.1) is 5.69 Å². The van der Waals surface area contributed by atoms with Crippen LogP contribution in [0.4, 0.5) is 11.6 Å².